The third-order valence-electron chi connectivity index (χ3n) is 6.77. The second-order valence-corrected chi connectivity index (χ2v) is 12.0. The van der Waals surface area contributed by atoms with Crippen LogP contribution >= 0.6 is 57.7 Å². The molecule has 42 heavy (non-hydrogen) atoms. The molecule has 0 fully saturated rings. The quantitative estimate of drug-likeness (QED) is 0.185. The van der Waals surface area contributed by atoms with Crippen molar-refractivity contribution in [1.29, 1.82) is 0 Å². The molecule has 0 aliphatic carbocycles. The molecule has 3 aromatic carbocycles. The topological polar surface area (TPSA) is 66.0 Å². The van der Waals surface area contributed by atoms with Gasteiger partial charge in [-0.2, -0.15) is 0 Å². The van der Waals surface area contributed by atoms with Crippen molar-refractivity contribution in [1.82, 2.24) is 4.57 Å². The molecular weight excluding hydrogens is 645 g/mol. The Morgan fingerprint density at radius 3 is 2.55 bits per heavy atom. The van der Waals surface area contributed by atoms with Gasteiger partial charge in [-0.1, -0.05) is 63.8 Å². The predicted octanol–water partition coefficient (Wildman–Crippen LogP) is 7.74. The molecule has 0 radical (unpaired) electrons. The van der Waals surface area contributed by atoms with Crippen LogP contribution in [0.2, 0.25) is 20.1 Å². The van der Waals surface area contributed by atoms with E-state index >= 15 is 0 Å². The van der Waals surface area contributed by atoms with E-state index in [1.807, 2.05) is 12.1 Å². The normalized spacial score (nSPS) is 15.9. The van der Waals surface area contributed by atoms with Crippen LogP contribution in [0.15, 0.2) is 80.9 Å². The largest absolute Gasteiger partial charge is 0.457 e. The maximum absolute atomic E-state index is 14.5. The van der Waals surface area contributed by atoms with Crippen molar-refractivity contribution in [2.45, 2.75) is 6.04 Å². The number of aromatic nitrogens is 1. The van der Waals surface area contributed by atoms with E-state index in [1.54, 1.807) is 53.1 Å². The molecule has 0 spiro atoms. The zero-order chi connectivity index (χ0) is 29.1. The molecule has 4 heterocycles. The smallest absolute Gasteiger partial charge is 0.271 e. The number of halogens is 5. The molecule has 0 bridgehead atoms. The summed E-state index contributed by atoms with van der Waals surface area (Å²) in [6.45, 7) is 0.106. The van der Waals surface area contributed by atoms with E-state index in [1.165, 1.54) is 23.5 Å². The number of allylic oxidation sites excluding steroid dienone is 1. The number of rotatable bonds is 4. The van der Waals surface area contributed by atoms with Crippen LogP contribution in [0.25, 0.3) is 23.1 Å². The van der Waals surface area contributed by atoms with E-state index in [0.29, 0.717) is 59.2 Å². The number of furan rings is 1. The van der Waals surface area contributed by atoms with Crippen LogP contribution in [0.4, 0.5) is 4.39 Å². The molecule has 0 saturated carbocycles. The average Bonchev–Trinajstić information content (AvgIpc) is 3.69. The molecule has 7 rings (SSSR count). The first-order valence-corrected chi connectivity index (χ1v) is 14.7. The number of fused-ring (bicyclic) bond motifs is 2. The third-order valence-corrected chi connectivity index (χ3v) is 8.90. The molecule has 0 unspecified atom stereocenters. The first-order chi connectivity index (χ1) is 20.2. The molecule has 2 aliphatic heterocycles. The Morgan fingerprint density at radius 1 is 0.905 bits per heavy atom. The van der Waals surface area contributed by atoms with Gasteiger partial charge in [0.2, 0.25) is 6.79 Å². The molecular formula is C30H15Cl4FN2O4S. The second-order valence-electron chi connectivity index (χ2n) is 9.36. The number of hydrogen-bond acceptors (Lipinski definition) is 6. The highest BCUT2D eigenvalue weighted by molar-refractivity contribution is 7.07. The summed E-state index contributed by atoms with van der Waals surface area (Å²) in [5, 5.41) is 1.08. The molecule has 210 valence electrons. The summed E-state index contributed by atoms with van der Waals surface area (Å²) in [6.07, 6.45) is 3.40. The number of ether oxygens (including phenoxy) is 2. The van der Waals surface area contributed by atoms with Crippen LogP contribution < -0.4 is 24.4 Å². The van der Waals surface area contributed by atoms with E-state index < -0.39 is 11.9 Å². The molecule has 0 amide bonds. The van der Waals surface area contributed by atoms with Crippen molar-refractivity contribution in [3.05, 3.63) is 129 Å². The van der Waals surface area contributed by atoms with E-state index in [-0.39, 0.29) is 22.4 Å². The van der Waals surface area contributed by atoms with Crippen LogP contribution in [0.1, 0.15) is 22.9 Å². The van der Waals surface area contributed by atoms with E-state index in [2.05, 4.69) is 0 Å². The van der Waals surface area contributed by atoms with Gasteiger partial charge >= 0.3 is 0 Å². The summed E-state index contributed by atoms with van der Waals surface area (Å²) in [4.78, 5) is 18.9. The van der Waals surface area contributed by atoms with Gasteiger partial charge in [0.1, 0.15) is 17.3 Å². The van der Waals surface area contributed by atoms with E-state index in [9.17, 15) is 9.18 Å². The van der Waals surface area contributed by atoms with Crippen LogP contribution in [-0.4, -0.2) is 11.4 Å². The lowest BCUT2D eigenvalue weighted by Crippen LogP contribution is -2.36. The van der Waals surface area contributed by atoms with Crippen molar-refractivity contribution >= 4 is 69.5 Å². The van der Waals surface area contributed by atoms with Gasteiger partial charge in [0.25, 0.3) is 5.56 Å². The standard InChI is InChI=1S/C30H15Cl4FN2O4S/c31-15-2-4-17(19(32)8-15)25-6-3-16(41-25)9-28-29(38)37-24(14-1-5-26-27(7-14)40-13-39-26)12-23(36-30(37)42-28)18-10-22(35)21(34)11-20(18)33/h1-12,24H,13H2/b28-9-/t24-/m1/s1. The minimum atomic E-state index is -0.635. The number of nitrogens with zero attached hydrogens (tertiary/aromatic N) is 2. The Kier molecular flexibility index (Phi) is 6.91. The van der Waals surface area contributed by atoms with E-state index in [4.69, 9.17) is 65.3 Å². The van der Waals surface area contributed by atoms with Crippen LogP contribution in [0, 0.1) is 5.82 Å². The van der Waals surface area contributed by atoms with Gasteiger partial charge in [0.05, 0.1) is 31.3 Å². The summed E-state index contributed by atoms with van der Waals surface area (Å²) >= 11 is 25.9. The van der Waals surface area contributed by atoms with Crippen LogP contribution in [-0.2, 0) is 0 Å². The minimum Gasteiger partial charge on any atom is -0.457 e. The van der Waals surface area contributed by atoms with Gasteiger partial charge in [-0.3, -0.25) is 9.36 Å². The summed E-state index contributed by atoms with van der Waals surface area (Å²) in [6, 6.07) is 16.0. The summed E-state index contributed by atoms with van der Waals surface area (Å²) in [5.41, 5.74) is 1.86. The SMILES string of the molecule is O=c1/c(=C/c2ccc(-c3ccc(Cl)cc3Cl)o2)sc2n1[C@@H](c1ccc3c(c1)OCO3)C=C(c1cc(F)c(Cl)cc1Cl)N=2. The van der Waals surface area contributed by atoms with Gasteiger partial charge in [0, 0.05) is 22.2 Å². The summed E-state index contributed by atoms with van der Waals surface area (Å²) in [5.74, 6) is 1.50. The van der Waals surface area contributed by atoms with Crippen molar-refractivity contribution in [3.8, 4) is 22.8 Å². The number of benzene rings is 3. The van der Waals surface area contributed by atoms with Crippen molar-refractivity contribution in [2.24, 2.45) is 4.99 Å². The summed E-state index contributed by atoms with van der Waals surface area (Å²) < 4.78 is 33.5. The van der Waals surface area contributed by atoms with Gasteiger partial charge < -0.3 is 13.9 Å². The average molecular weight is 660 g/mol. The number of thiazole rings is 1. The van der Waals surface area contributed by atoms with Gasteiger partial charge in [-0.05, 0) is 66.2 Å². The van der Waals surface area contributed by atoms with Crippen molar-refractivity contribution < 1.29 is 18.3 Å². The second kappa shape index (κ2) is 10.6. The molecule has 2 aliphatic rings. The minimum absolute atomic E-state index is 0.102. The zero-order valence-corrected chi connectivity index (χ0v) is 24.9. The van der Waals surface area contributed by atoms with Crippen LogP contribution in [0.5, 0.6) is 11.5 Å². The van der Waals surface area contributed by atoms with Gasteiger partial charge in [-0.25, -0.2) is 9.38 Å². The van der Waals surface area contributed by atoms with Crippen LogP contribution in [0.3, 0.4) is 0 Å². The zero-order valence-electron chi connectivity index (χ0n) is 21.0. The highest BCUT2D eigenvalue weighted by Crippen LogP contribution is 2.38. The monoisotopic (exact) mass is 658 g/mol. The highest BCUT2D eigenvalue weighted by atomic mass is 35.5. The lowest BCUT2D eigenvalue weighted by molar-refractivity contribution is 0.174. The molecule has 2 aromatic heterocycles. The van der Waals surface area contributed by atoms with Gasteiger partial charge in [0.15, 0.2) is 16.3 Å². The lowest BCUT2D eigenvalue weighted by atomic mass is 10.0. The third kappa shape index (κ3) is 4.83. The van der Waals surface area contributed by atoms with Crippen molar-refractivity contribution in [2.75, 3.05) is 6.79 Å². The Bertz CT molecular complexity index is 2140. The first-order valence-electron chi connectivity index (χ1n) is 12.4. The Balaban J connectivity index is 1.38. The molecule has 0 N–H and O–H groups in total. The van der Waals surface area contributed by atoms with Gasteiger partial charge in [-0.15, -0.1) is 0 Å². The molecule has 5 aromatic rings. The van der Waals surface area contributed by atoms with Crippen molar-refractivity contribution in [3.63, 3.8) is 0 Å². The fourth-order valence-electron chi connectivity index (χ4n) is 4.78. The molecule has 0 saturated heterocycles. The number of hydrogen-bond donors (Lipinski definition) is 0. The fraction of sp³-hybridized carbons (Fsp3) is 0.0667. The predicted molar refractivity (Wildman–Crippen MR) is 162 cm³/mol. The fourth-order valence-corrected chi connectivity index (χ4v) is 6.76. The Hall–Kier alpha value is -3.53. The Morgan fingerprint density at radius 2 is 1.71 bits per heavy atom. The Labute approximate surface area is 261 Å². The highest BCUT2D eigenvalue weighted by Gasteiger charge is 2.26. The molecule has 6 nitrogen and oxygen atoms in total. The lowest BCUT2D eigenvalue weighted by Gasteiger charge is -2.20. The molecule has 1 atom stereocenters. The first kappa shape index (κ1) is 27.3. The van der Waals surface area contributed by atoms with E-state index in [0.717, 1.165) is 5.56 Å². The summed E-state index contributed by atoms with van der Waals surface area (Å²) in [7, 11) is 0. The maximum atomic E-state index is 14.5. The molecule has 12 heteroatoms. The maximum Gasteiger partial charge on any atom is 0.271 e.